The minimum atomic E-state index is -0.286. The normalized spacial score (nSPS) is 29.4. The first-order valence-corrected chi connectivity index (χ1v) is 10.7. The van der Waals surface area contributed by atoms with Gasteiger partial charge in [0.05, 0.1) is 11.8 Å². The molecule has 4 atom stereocenters. The van der Waals surface area contributed by atoms with Crippen molar-refractivity contribution in [1.82, 2.24) is 9.80 Å². The van der Waals surface area contributed by atoms with E-state index in [4.69, 9.17) is 11.1 Å². The fraction of sp³-hybridized carbons (Fsp3) is 0.609. The summed E-state index contributed by atoms with van der Waals surface area (Å²) in [5, 5.41) is 7.61. The van der Waals surface area contributed by atoms with Gasteiger partial charge in [0, 0.05) is 24.2 Å². The topological polar surface area (TPSA) is 90.5 Å². The van der Waals surface area contributed by atoms with Crippen LogP contribution in [0.15, 0.2) is 24.3 Å². The Hall–Kier alpha value is -2.21. The molecule has 3 aliphatic heterocycles. The molecule has 0 bridgehead atoms. The smallest absolute Gasteiger partial charge is 0.235 e. The van der Waals surface area contributed by atoms with E-state index >= 15 is 0 Å². The summed E-state index contributed by atoms with van der Waals surface area (Å²) in [6.45, 7) is 8.03. The number of benzene rings is 1. The highest BCUT2D eigenvalue weighted by Crippen LogP contribution is 2.53. The lowest BCUT2D eigenvalue weighted by molar-refractivity contribution is -0.141. The highest BCUT2D eigenvalue weighted by molar-refractivity contribution is 6.06. The summed E-state index contributed by atoms with van der Waals surface area (Å²) in [5.74, 6) is -0.419. The molecular formula is C23H32N4O2. The Bertz CT molecular complexity index is 826. The SMILES string of the molecule is CC(C)(C)CCCN1C(=O)[C@@H]2[C@H](C1=O)[C@H](c1ccc(C(=N)N)cc1)N1CCC[C@@H]21. The molecule has 3 aliphatic rings. The molecule has 3 fully saturated rings. The Morgan fingerprint density at radius 2 is 1.79 bits per heavy atom. The molecule has 0 unspecified atom stereocenters. The van der Waals surface area contributed by atoms with Crippen LogP contribution in [-0.2, 0) is 9.59 Å². The van der Waals surface area contributed by atoms with Crippen molar-refractivity contribution in [3.8, 4) is 0 Å². The second-order valence-electron chi connectivity index (χ2n) is 9.97. The first-order chi connectivity index (χ1) is 13.7. The zero-order valence-electron chi connectivity index (χ0n) is 17.6. The van der Waals surface area contributed by atoms with Gasteiger partial charge in [-0.25, -0.2) is 0 Å². The van der Waals surface area contributed by atoms with Crippen molar-refractivity contribution in [2.24, 2.45) is 23.0 Å². The number of likely N-dealkylation sites (tertiary alicyclic amines) is 1. The van der Waals surface area contributed by atoms with Crippen LogP contribution in [0.2, 0.25) is 0 Å². The van der Waals surface area contributed by atoms with Gasteiger partial charge in [-0.2, -0.15) is 0 Å². The average Bonchev–Trinajstić information content (AvgIpc) is 3.29. The molecule has 3 saturated heterocycles. The Morgan fingerprint density at radius 1 is 1.14 bits per heavy atom. The number of fused-ring (bicyclic) bond motifs is 3. The number of carbonyl (C=O) groups is 2. The molecule has 4 rings (SSSR count). The minimum absolute atomic E-state index is 0.00366. The summed E-state index contributed by atoms with van der Waals surface area (Å²) in [6, 6.07) is 7.74. The maximum Gasteiger partial charge on any atom is 0.235 e. The number of nitrogen functional groups attached to an aromatic ring is 1. The molecule has 2 amide bonds. The van der Waals surface area contributed by atoms with Crippen molar-refractivity contribution in [2.75, 3.05) is 13.1 Å². The van der Waals surface area contributed by atoms with Crippen molar-refractivity contribution >= 4 is 17.6 Å². The van der Waals surface area contributed by atoms with Gasteiger partial charge in [-0.1, -0.05) is 45.0 Å². The van der Waals surface area contributed by atoms with E-state index in [2.05, 4.69) is 25.7 Å². The maximum atomic E-state index is 13.4. The van der Waals surface area contributed by atoms with Crippen molar-refractivity contribution in [3.05, 3.63) is 35.4 Å². The number of hydrogen-bond donors (Lipinski definition) is 2. The quantitative estimate of drug-likeness (QED) is 0.455. The Labute approximate surface area is 172 Å². The van der Waals surface area contributed by atoms with Crippen LogP contribution in [0.25, 0.3) is 0 Å². The minimum Gasteiger partial charge on any atom is -0.384 e. The van der Waals surface area contributed by atoms with Gasteiger partial charge in [0.2, 0.25) is 11.8 Å². The summed E-state index contributed by atoms with van der Waals surface area (Å²) in [6.07, 6.45) is 3.90. The summed E-state index contributed by atoms with van der Waals surface area (Å²) in [4.78, 5) is 30.5. The van der Waals surface area contributed by atoms with Crippen LogP contribution in [0.3, 0.4) is 0 Å². The second-order valence-corrected chi connectivity index (χ2v) is 9.97. The summed E-state index contributed by atoms with van der Waals surface area (Å²) in [5.41, 5.74) is 7.52. The van der Waals surface area contributed by atoms with Gasteiger partial charge in [0.1, 0.15) is 5.84 Å². The fourth-order valence-corrected chi connectivity index (χ4v) is 5.51. The van der Waals surface area contributed by atoms with Crippen LogP contribution >= 0.6 is 0 Å². The van der Waals surface area contributed by atoms with E-state index in [1.807, 2.05) is 24.3 Å². The molecule has 0 aliphatic carbocycles. The second kappa shape index (κ2) is 7.24. The van der Waals surface area contributed by atoms with Gasteiger partial charge in [0.15, 0.2) is 0 Å². The molecular weight excluding hydrogens is 364 g/mol. The molecule has 0 saturated carbocycles. The van der Waals surface area contributed by atoms with E-state index in [0.717, 1.165) is 37.8 Å². The zero-order valence-corrected chi connectivity index (χ0v) is 17.6. The van der Waals surface area contributed by atoms with E-state index in [0.29, 0.717) is 12.1 Å². The van der Waals surface area contributed by atoms with Gasteiger partial charge >= 0.3 is 0 Å². The van der Waals surface area contributed by atoms with Gasteiger partial charge in [-0.15, -0.1) is 0 Å². The summed E-state index contributed by atoms with van der Waals surface area (Å²) >= 11 is 0. The summed E-state index contributed by atoms with van der Waals surface area (Å²) < 4.78 is 0. The molecule has 1 aromatic rings. The largest absolute Gasteiger partial charge is 0.384 e. The predicted molar refractivity (Wildman–Crippen MR) is 112 cm³/mol. The van der Waals surface area contributed by atoms with Crippen LogP contribution in [0.4, 0.5) is 0 Å². The molecule has 6 nitrogen and oxygen atoms in total. The molecule has 3 heterocycles. The lowest BCUT2D eigenvalue weighted by atomic mass is 9.85. The van der Waals surface area contributed by atoms with Crippen molar-refractivity contribution in [2.45, 2.75) is 58.5 Å². The average molecular weight is 397 g/mol. The van der Waals surface area contributed by atoms with Gasteiger partial charge in [-0.05, 0) is 43.2 Å². The van der Waals surface area contributed by atoms with Crippen molar-refractivity contribution in [3.63, 3.8) is 0 Å². The third-order valence-corrected chi connectivity index (χ3v) is 6.82. The summed E-state index contributed by atoms with van der Waals surface area (Å²) in [7, 11) is 0. The number of nitrogens with two attached hydrogens (primary N) is 1. The molecule has 0 spiro atoms. The third-order valence-electron chi connectivity index (χ3n) is 6.82. The van der Waals surface area contributed by atoms with E-state index in [9.17, 15) is 9.59 Å². The number of hydrogen-bond acceptors (Lipinski definition) is 4. The molecule has 1 aromatic carbocycles. The number of amides is 2. The molecule has 0 radical (unpaired) electrons. The first-order valence-electron chi connectivity index (χ1n) is 10.7. The van der Waals surface area contributed by atoms with Crippen LogP contribution < -0.4 is 5.73 Å². The third kappa shape index (κ3) is 3.48. The Morgan fingerprint density at radius 3 is 2.41 bits per heavy atom. The van der Waals surface area contributed by atoms with E-state index in [-0.39, 0.29) is 47.0 Å². The van der Waals surface area contributed by atoms with Gasteiger partial charge < -0.3 is 5.73 Å². The number of nitrogens with one attached hydrogen (secondary N) is 1. The number of imide groups is 1. The van der Waals surface area contributed by atoms with E-state index < -0.39 is 0 Å². The van der Waals surface area contributed by atoms with Gasteiger partial charge in [0.25, 0.3) is 0 Å². The zero-order chi connectivity index (χ0) is 20.9. The van der Waals surface area contributed by atoms with Crippen LogP contribution in [0.5, 0.6) is 0 Å². The first kappa shape index (κ1) is 20.1. The van der Waals surface area contributed by atoms with Crippen LogP contribution in [0, 0.1) is 22.7 Å². The molecule has 29 heavy (non-hydrogen) atoms. The number of rotatable bonds is 5. The van der Waals surface area contributed by atoms with Crippen molar-refractivity contribution < 1.29 is 9.59 Å². The number of nitrogens with zero attached hydrogens (tertiary/aromatic N) is 2. The van der Waals surface area contributed by atoms with Gasteiger partial charge in [-0.3, -0.25) is 24.8 Å². The van der Waals surface area contributed by atoms with Crippen LogP contribution in [0.1, 0.15) is 63.6 Å². The maximum absolute atomic E-state index is 13.4. The predicted octanol–water partition coefficient (Wildman–Crippen LogP) is 2.92. The standard InChI is InChI=1S/C23H32N4O2/c1-23(2,3)11-5-13-27-21(28)17-16-6-4-12-26(16)19(18(17)22(27)29)14-7-9-15(10-8-14)20(24)25/h7-10,16-19H,4-6,11-13H2,1-3H3,(H3,24,25)/t16-,17-,18-,19-/m0/s1. The van der Waals surface area contributed by atoms with Crippen LogP contribution in [-0.4, -0.2) is 46.6 Å². The fourth-order valence-electron chi connectivity index (χ4n) is 5.51. The van der Waals surface area contributed by atoms with E-state index in [1.165, 1.54) is 0 Å². The molecule has 0 aromatic heterocycles. The molecule has 156 valence electrons. The highest BCUT2D eigenvalue weighted by Gasteiger charge is 2.62. The Balaban J connectivity index is 1.60. The number of carbonyl (C=O) groups excluding carboxylic acids is 2. The van der Waals surface area contributed by atoms with E-state index in [1.54, 1.807) is 4.90 Å². The Kier molecular flexibility index (Phi) is 5.01. The number of amidine groups is 1. The lowest BCUT2D eigenvalue weighted by Crippen LogP contribution is -2.39. The molecule has 3 N–H and O–H groups in total. The highest BCUT2D eigenvalue weighted by atomic mass is 16.2. The monoisotopic (exact) mass is 396 g/mol. The molecule has 6 heteroatoms. The van der Waals surface area contributed by atoms with Crippen molar-refractivity contribution in [1.29, 1.82) is 5.41 Å². The lowest BCUT2D eigenvalue weighted by Gasteiger charge is -2.29.